The number of fused-ring (bicyclic) bond motifs is 1. The lowest BCUT2D eigenvalue weighted by atomic mass is 10.2. The Labute approximate surface area is 127 Å². The normalized spacial score (nSPS) is 11.1. The molecule has 0 radical (unpaired) electrons. The third-order valence-electron chi connectivity index (χ3n) is 3.36. The summed E-state index contributed by atoms with van der Waals surface area (Å²) in [7, 11) is 0. The van der Waals surface area contributed by atoms with Crippen LogP contribution in [0.4, 0.5) is 5.82 Å². The lowest BCUT2D eigenvalue weighted by Crippen LogP contribution is -2.23. The minimum Gasteiger partial charge on any atom is -0.351 e. The Balaban J connectivity index is 1.96. The largest absolute Gasteiger partial charge is 0.351 e. The number of imidazole rings is 1. The number of alkyl halides is 1. The van der Waals surface area contributed by atoms with Crippen molar-refractivity contribution < 1.29 is 0 Å². The average Bonchev–Trinajstić information content (AvgIpc) is 3.06. The summed E-state index contributed by atoms with van der Waals surface area (Å²) >= 11 is 7.77. The minimum absolute atomic E-state index is 0.471. The van der Waals surface area contributed by atoms with Crippen molar-refractivity contribution in [3.63, 3.8) is 0 Å². The maximum Gasteiger partial charge on any atom is 0.195 e. The van der Waals surface area contributed by atoms with Gasteiger partial charge in [0.25, 0.3) is 0 Å². The van der Waals surface area contributed by atoms with Crippen molar-refractivity contribution in [1.29, 1.82) is 0 Å². The molecule has 0 fully saturated rings. The Morgan fingerprint density at radius 2 is 2.10 bits per heavy atom. The van der Waals surface area contributed by atoms with E-state index in [1.807, 2.05) is 17.6 Å². The van der Waals surface area contributed by atoms with Crippen LogP contribution in [-0.4, -0.2) is 15.9 Å². The number of nitrogens with zero attached hydrogens (tertiary/aromatic N) is 3. The van der Waals surface area contributed by atoms with Gasteiger partial charge in [-0.1, -0.05) is 30.3 Å². The fourth-order valence-electron chi connectivity index (χ4n) is 2.34. The molecule has 0 saturated heterocycles. The van der Waals surface area contributed by atoms with E-state index in [-0.39, 0.29) is 0 Å². The third kappa shape index (κ3) is 2.41. The number of thiazole rings is 1. The number of aromatic nitrogens is 2. The van der Waals surface area contributed by atoms with E-state index < -0.39 is 0 Å². The van der Waals surface area contributed by atoms with E-state index in [0.717, 1.165) is 29.6 Å². The molecule has 0 amide bonds. The number of benzene rings is 1. The Bertz CT molecular complexity index is 690. The number of hydrogen-bond acceptors (Lipinski definition) is 3. The van der Waals surface area contributed by atoms with Crippen LogP contribution in [0.25, 0.3) is 4.96 Å². The monoisotopic (exact) mass is 305 g/mol. The first-order valence-electron chi connectivity index (χ1n) is 6.62. The maximum absolute atomic E-state index is 6.13. The van der Waals surface area contributed by atoms with E-state index in [9.17, 15) is 0 Å². The number of anilines is 1. The number of rotatable bonds is 5. The number of hydrogen-bond donors (Lipinski definition) is 0. The number of halogens is 1. The van der Waals surface area contributed by atoms with Crippen LogP contribution >= 0.6 is 22.9 Å². The van der Waals surface area contributed by atoms with Crippen molar-refractivity contribution in [3.05, 3.63) is 53.2 Å². The van der Waals surface area contributed by atoms with E-state index in [0.29, 0.717) is 5.88 Å². The molecule has 104 valence electrons. The van der Waals surface area contributed by atoms with Gasteiger partial charge in [-0.2, -0.15) is 0 Å². The van der Waals surface area contributed by atoms with Crippen molar-refractivity contribution in [1.82, 2.24) is 9.38 Å². The van der Waals surface area contributed by atoms with Gasteiger partial charge in [0.2, 0.25) is 0 Å². The van der Waals surface area contributed by atoms with Gasteiger partial charge in [-0.15, -0.1) is 22.9 Å². The van der Waals surface area contributed by atoms with Crippen LogP contribution in [0, 0.1) is 0 Å². The summed E-state index contributed by atoms with van der Waals surface area (Å²) in [6.45, 7) is 3.91. The van der Waals surface area contributed by atoms with Gasteiger partial charge in [0.1, 0.15) is 0 Å². The Morgan fingerprint density at radius 3 is 2.80 bits per heavy atom. The Morgan fingerprint density at radius 1 is 1.30 bits per heavy atom. The van der Waals surface area contributed by atoms with Crippen LogP contribution in [0.3, 0.4) is 0 Å². The van der Waals surface area contributed by atoms with Crippen LogP contribution in [-0.2, 0) is 12.4 Å². The predicted molar refractivity (Wildman–Crippen MR) is 85.8 cm³/mol. The minimum atomic E-state index is 0.471. The second kappa shape index (κ2) is 5.85. The molecular formula is C15H16ClN3S. The zero-order valence-electron chi connectivity index (χ0n) is 11.3. The summed E-state index contributed by atoms with van der Waals surface area (Å²) in [6, 6.07) is 10.5. The van der Waals surface area contributed by atoms with Gasteiger partial charge >= 0.3 is 0 Å². The van der Waals surface area contributed by atoms with Crippen LogP contribution in [0.2, 0.25) is 0 Å². The maximum atomic E-state index is 6.13. The van der Waals surface area contributed by atoms with Crippen molar-refractivity contribution in [3.8, 4) is 0 Å². The molecule has 0 atom stereocenters. The highest BCUT2D eigenvalue weighted by Crippen LogP contribution is 2.27. The van der Waals surface area contributed by atoms with E-state index >= 15 is 0 Å². The summed E-state index contributed by atoms with van der Waals surface area (Å²) in [6.07, 6.45) is 2.03. The van der Waals surface area contributed by atoms with Crippen molar-refractivity contribution in [2.75, 3.05) is 11.4 Å². The highest BCUT2D eigenvalue weighted by atomic mass is 35.5. The van der Waals surface area contributed by atoms with Crippen molar-refractivity contribution in [2.45, 2.75) is 19.3 Å². The molecule has 3 rings (SSSR count). The van der Waals surface area contributed by atoms with Gasteiger partial charge in [-0.25, -0.2) is 4.98 Å². The van der Waals surface area contributed by atoms with Crippen molar-refractivity contribution in [2.24, 2.45) is 0 Å². The Hall–Kier alpha value is -1.52. The summed E-state index contributed by atoms with van der Waals surface area (Å²) in [5.41, 5.74) is 2.35. The molecule has 3 aromatic rings. The van der Waals surface area contributed by atoms with Crippen LogP contribution in [0.5, 0.6) is 0 Å². The topological polar surface area (TPSA) is 20.5 Å². The molecule has 1 aromatic carbocycles. The zero-order valence-corrected chi connectivity index (χ0v) is 12.9. The molecule has 3 nitrogen and oxygen atoms in total. The first kappa shape index (κ1) is 13.5. The molecule has 0 unspecified atom stereocenters. The fourth-order valence-corrected chi connectivity index (χ4v) is 3.32. The second-order valence-corrected chi connectivity index (χ2v) is 5.71. The van der Waals surface area contributed by atoms with Gasteiger partial charge in [-0.3, -0.25) is 4.40 Å². The molecule has 0 aliphatic carbocycles. The summed E-state index contributed by atoms with van der Waals surface area (Å²) < 4.78 is 2.08. The van der Waals surface area contributed by atoms with Crippen LogP contribution < -0.4 is 4.90 Å². The second-order valence-electron chi connectivity index (χ2n) is 4.57. The zero-order chi connectivity index (χ0) is 13.9. The van der Waals surface area contributed by atoms with Crippen LogP contribution in [0.15, 0.2) is 41.9 Å². The molecule has 0 spiro atoms. The highest BCUT2D eigenvalue weighted by molar-refractivity contribution is 7.15. The average molecular weight is 306 g/mol. The SMILES string of the molecule is CCN(Cc1ccccc1)c1nc2sccn2c1CCl. The summed E-state index contributed by atoms with van der Waals surface area (Å²) in [5, 5.41) is 2.04. The van der Waals surface area contributed by atoms with E-state index in [1.54, 1.807) is 11.3 Å². The van der Waals surface area contributed by atoms with E-state index in [1.165, 1.54) is 5.56 Å². The van der Waals surface area contributed by atoms with Gasteiger partial charge in [0, 0.05) is 24.7 Å². The standard InChI is InChI=1S/C15H16ClN3S/c1-2-18(11-12-6-4-3-5-7-12)14-13(10-16)19-8-9-20-15(19)17-14/h3-9H,2,10-11H2,1H3. The lowest BCUT2D eigenvalue weighted by molar-refractivity contribution is 0.812. The van der Waals surface area contributed by atoms with E-state index in [4.69, 9.17) is 16.6 Å². The smallest absolute Gasteiger partial charge is 0.195 e. The van der Waals surface area contributed by atoms with Crippen LogP contribution in [0.1, 0.15) is 18.2 Å². The molecule has 2 aromatic heterocycles. The Kier molecular flexibility index (Phi) is 3.94. The van der Waals surface area contributed by atoms with Gasteiger partial charge in [0.15, 0.2) is 10.8 Å². The molecule has 0 saturated carbocycles. The highest BCUT2D eigenvalue weighted by Gasteiger charge is 2.17. The molecular weight excluding hydrogens is 290 g/mol. The molecule has 0 N–H and O–H groups in total. The quantitative estimate of drug-likeness (QED) is 0.660. The molecule has 5 heteroatoms. The first-order valence-corrected chi connectivity index (χ1v) is 8.04. The molecule has 0 aliphatic rings. The molecule has 2 heterocycles. The summed E-state index contributed by atoms with van der Waals surface area (Å²) in [4.78, 5) is 8.01. The van der Waals surface area contributed by atoms with Gasteiger partial charge < -0.3 is 4.90 Å². The van der Waals surface area contributed by atoms with Gasteiger partial charge in [0.05, 0.1) is 11.6 Å². The van der Waals surface area contributed by atoms with E-state index in [2.05, 4.69) is 40.5 Å². The third-order valence-corrected chi connectivity index (χ3v) is 4.37. The fraction of sp³-hybridized carbons (Fsp3) is 0.267. The molecule has 0 bridgehead atoms. The summed E-state index contributed by atoms with van der Waals surface area (Å²) in [5.74, 6) is 1.47. The van der Waals surface area contributed by atoms with Crippen molar-refractivity contribution >= 4 is 33.7 Å². The lowest BCUT2D eigenvalue weighted by Gasteiger charge is -2.21. The molecule has 0 aliphatic heterocycles. The molecule has 20 heavy (non-hydrogen) atoms. The predicted octanol–water partition coefficient (Wildman–Crippen LogP) is 4.16. The first-order chi connectivity index (χ1) is 9.83. The van der Waals surface area contributed by atoms with Gasteiger partial charge in [-0.05, 0) is 12.5 Å².